The van der Waals surface area contributed by atoms with Crippen molar-refractivity contribution in [1.29, 1.82) is 0 Å². The fourth-order valence-corrected chi connectivity index (χ4v) is 3.65. The highest BCUT2D eigenvalue weighted by Crippen LogP contribution is 2.30. The number of morpholine rings is 1. The minimum atomic E-state index is -4.38. The fraction of sp³-hybridized carbons (Fsp3) is 0.381. The van der Waals surface area contributed by atoms with E-state index in [-0.39, 0.29) is 18.9 Å². The molecule has 9 heteroatoms. The summed E-state index contributed by atoms with van der Waals surface area (Å²) in [6, 6.07) is 7.36. The van der Waals surface area contributed by atoms with Crippen molar-refractivity contribution in [3.8, 4) is 11.1 Å². The number of alkyl halides is 3. The predicted octanol–water partition coefficient (Wildman–Crippen LogP) is 3.60. The van der Waals surface area contributed by atoms with Crippen LogP contribution in [0, 0.1) is 0 Å². The molecular formula is C21H21F3N4O2. The number of ether oxygens (including phenoxy) is 1. The zero-order chi connectivity index (χ0) is 21.5. The molecule has 4 rings (SSSR count). The molecule has 0 bridgehead atoms. The molecule has 0 amide bonds. The second-order valence-electron chi connectivity index (χ2n) is 7.50. The summed E-state index contributed by atoms with van der Waals surface area (Å²) in [5.41, 5.74) is 3.49. The Morgan fingerprint density at radius 1 is 1.30 bits per heavy atom. The van der Waals surface area contributed by atoms with Gasteiger partial charge in [0.1, 0.15) is 5.69 Å². The first-order valence-corrected chi connectivity index (χ1v) is 9.55. The number of fused-ring (bicyclic) bond motifs is 1. The SMILES string of the molecule is CC(=O)c1cc(-c2cnn(C)c2)c2ccc(CN3CCO[C@@H](C(F)(F)F)C3)cc2n1. The topological polar surface area (TPSA) is 60.2 Å². The van der Waals surface area contributed by atoms with E-state index in [9.17, 15) is 18.0 Å². The second-order valence-corrected chi connectivity index (χ2v) is 7.50. The van der Waals surface area contributed by atoms with E-state index in [4.69, 9.17) is 4.74 Å². The highest BCUT2D eigenvalue weighted by molar-refractivity contribution is 6.01. The van der Waals surface area contributed by atoms with Crippen LogP contribution in [0.15, 0.2) is 36.7 Å². The minimum absolute atomic E-state index is 0.0373. The Bertz CT molecular complexity index is 1090. The number of benzene rings is 1. The molecule has 0 saturated carbocycles. The third-order valence-electron chi connectivity index (χ3n) is 5.17. The standard InChI is InChI=1S/C21H21F3N4O2/c1-13(29)18-8-17(15-9-25-27(2)11-15)16-4-3-14(7-19(16)26-18)10-28-5-6-30-20(12-28)21(22,23)24/h3-4,7-9,11,20H,5-6,10,12H2,1-2H3/t20-/m1/s1. The van der Waals surface area contributed by atoms with Crippen molar-refractivity contribution in [2.75, 3.05) is 19.7 Å². The van der Waals surface area contributed by atoms with Gasteiger partial charge in [-0.05, 0) is 23.3 Å². The molecule has 0 N–H and O–H groups in total. The third kappa shape index (κ3) is 4.22. The number of nitrogens with zero attached hydrogens (tertiary/aromatic N) is 4. The van der Waals surface area contributed by atoms with Crippen LogP contribution < -0.4 is 0 Å². The van der Waals surface area contributed by atoms with Crippen molar-refractivity contribution in [3.05, 3.63) is 47.9 Å². The average Bonchev–Trinajstić information content (AvgIpc) is 3.12. The van der Waals surface area contributed by atoms with Gasteiger partial charge in [-0.1, -0.05) is 12.1 Å². The van der Waals surface area contributed by atoms with Gasteiger partial charge in [0, 0.05) is 50.8 Å². The molecule has 0 unspecified atom stereocenters. The lowest BCUT2D eigenvalue weighted by Crippen LogP contribution is -2.48. The molecular weight excluding hydrogens is 397 g/mol. The van der Waals surface area contributed by atoms with E-state index in [2.05, 4.69) is 10.1 Å². The molecule has 1 aliphatic heterocycles. The number of hydrogen-bond acceptors (Lipinski definition) is 5. The van der Waals surface area contributed by atoms with E-state index < -0.39 is 12.3 Å². The van der Waals surface area contributed by atoms with Gasteiger partial charge in [-0.25, -0.2) is 4.98 Å². The first-order chi connectivity index (χ1) is 14.2. The number of hydrogen-bond donors (Lipinski definition) is 0. The first kappa shape index (κ1) is 20.5. The van der Waals surface area contributed by atoms with E-state index in [1.165, 1.54) is 6.92 Å². The zero-order valence-electron chi connectivity index (χ0n) is 16.6. The van der Waals surface area contributed by atoms with Gasteiger partial charge in [0.25, 0.3) is 0 Å². The molecule has 2 aromatic heterocycles. The Kier molecular flexibility index (Phi) is 5.33. The number of pyridine rings is 1. The maximum Gasteiger partial charge on any atom is 0.415 e. The van der Waals surface area contributed by atoms with Crippen molar-refractivity contribution in [2.45, 2.75) is 25.7 Å². The van der Waals surface area contributed by atoms with Crippen LogP contribution in [0.5, 0.6) is 0 Å². The van der Waals surface area contributed by atoms with Crippen molar-refractivity contribution in [1.82, 2.24) is 19.7 Å². The molecule has 1 aromatic carbocycles. The van der Waals surface area contributed by atoms with Gasteiger partial charge in [-0.2, -0.15) is 18.3 Å². The van der Waals surface area contributed by atoms with Crippen molar-refractivity contribution in [2.24, 2.45) is 7.05 Å². The molecule has 1 aliphatic rings. The largest absolute Gasteiger partial charge is 0.415 e. The van der Waals surface area contributed by atoms with Gasteiger partial charge in [0.15, 0.2) is 11.9 Å². The zero-order valence-corrected chi connectivity index (χ0v) is 16.6. The quantitative estimate of drug-likeness (QED) is 0.606. The molecule has 3 heterocycles. The van der Waals surface area contributed by atoms with Crippen LogP contribution >= 0.6 is 0 Å². The molecule has 0 radical (unpaired) electrons. The van der Waals surface area contributed by atoms with Crippen molar-refractivity contribution in [3.63, 3.8) is 0 Å². The number of ketones is 1. The monoisotopic (exact) mass is 418 g/mol. The lowest BCUT2D eigenvalue weighted by Gasteiger charge is -2.33. The maximum atomic E-state index is 13.0. The molecule has 158 valence electrons. The maximum absolute atomic E-state index is 13.0. The highest BCUT2D eigenvalue weighted by Gasteiger charge is 2.43. The summed E-state index contributed by atoms with van der Waals surface area (Å²) in [6.45, 7) is 2.06. The van der Waals surface area contributed by atoms with Crippen LogP contribution in [0.2, 0.25) is 0 Å². The van der Waals surface area contributed by atoms with E-state index in [1.807, 2.05) is 31.4 Å². The van der Waals surface area contributed by atoms with Gasteiger partial charge in [-0.15, -0.1) is 0 Å². The van der Waals surface area contributed by atoms with Gasteiger partial charge in [0.2, 0.25) is 0 Å². The van der Waals surface area contributed by atoms with Crippen molar-refractivity contribution >= 4 is 16.7 Å². The molecule has 1 atom stereocenters. The van der Waals surface area contributed by atoms with Crippen LogP contribution in [0.4, 0.5) is 13.2 Å². The molecule has 1 saturated heterocycles. The first-order valence-electron chi connectivity index (χ1n) is 9.55. The van der Waals surface area contributed by atoms with E-state index in [0.29, 0.717) is 24.3 Å². The number of aromatic nitrogens is 3. The van der Waals surface area contributed by atoms with Gasteiger partial charge in [-0.3, -0.25) is 14.4 Å². The number of aryl methyl sites for hydroxylation is 1. The number of rotatable bonds is 4. The molecule has 1 fully saturated rings. The summed E-state index contributed by atoms with van der Waals surface area (Å²) in [5, 5.41) is 5.05. The molecule has 30 heavy (non-hydrogen) atoms. The van der Waals surface area contributed by atoms with Crippen LogP contribution in [0.3, 0.4) is 0 Å². The summed E-state index contributed by atoms with van der Waals surface area (Å²) in [6.07, 6.45) is -2.57. The molecule has 6 nitrogen and oxygen atoms in total. The van der Waals surface area contributed by atoms with E-state index >= 15 is 0 Å². The summed E-state index contributed by atoms with van der Waals surface area (Å²) in [7, 11) is 1.81. The Balaban J connectivity index is 1.67. The Hall–Kier alpha value is -2.78. The normalized spacial score (nSPS) is 18.1. The number of halogens is 3. The molecule has 3 aromatic rings. The van der Waals surface area contributed by atoms with Crippen LogP contribution in [-0.2, 0) is 18.3 Å². The predicted molar refractivity (Wildman–Crippen MR) is 105 cm³/mol. The number of Topliss-reactive ketones (excluding diaryl/α,β-unsaturated/α-hetero) is 1. The van der Waals surface area contributed by atoms with Gasteiger partial charge < -0.3 is 4.74 Å². The lowest BCUT2D eigenvalue weighted by molar-refractivity contribution is -0.237. The van der Waals surface area contributed by atoms with E-state index in [0.717, 1.165) is 22.1 Å². The molecule has 0 aliphatic carbocycles. The Morgan fingerprint density at radius 3 is 2.77 bits per heavy atom. The lowest BCUT2D eigenvalue weighted by atomic mass is 10.0. The highest BCUT2D eigenvalue weighted by atomic mass is 19.4. The average molecular weight is 418 g/mol. The van der Waals surface area contributed by atoms with Gasteiger partial charge in [0.05, 0.1) is 18.3 Å². The van der Waals surface area contributed by atoms with Crippen LogP contribution in [-0.4, -0.2) is 57.4 Å². The minimum Gasteiger partial charge on any atom is -0.366 e. The fourth-order valence-electron chi connectivity index (χ4n) is 3.65. The second kappa shape index (κ2) is 7.81. The van der Waals surface area contributed by atoms with E-state index in [1.54, 1.807) is 21.8 Å². The van der Waals surface area contributed by atoms with Gasteiger partial charge >= 0.3 is 6.18 Å². The number of carbonyl (C=O) groups is 1. The van der Waals surface area contributed by atoms with Crippen LogP contribution in [0.1, 0.15) is 23.0 Å². The number of carbonyl (C=O) groups excluding carboxylic acids is 1. The summed E-state index contributed by atoms with van der Waals surface area (Å²) in [5.74, 6) is -0.159. The molecule has 0 spiro atoms. The summed E-state index contributed by atoms with van der Waals surface area (Å²) < 4.78 is 45.5. The summed E-state index contributed by atoms with van der Waals surface area (Å²) >= 11 is 0. The third-order valence-corrected chi connectivity index (χ3v) is 5.17. The smallest absolute Gasteiger partial charge is 0.366 e. The summed E-state index contributed by atoms with van der Waals surface area (Å²) in [4.78, 5) is 18.2. The van der Waals surface area contributed by atoms with Crippen molar-refractivity contribution < 1.29 is 22.7 Å². The van der Waals surface area contributed by atoms with Crippen LogP contribution in [0.25, 0.3) is 22.0 Å². The Labute approximate surface area is 171 Å². The Morgan fingerprint density at radius 2 is 2.10 bits per heavy atom.